The van der Waals surface area contributed by atoms with Gasteiger partial charge < -0.3 is 15.4 Å². The number of nitrogens with one attached hydrogen (secondary N) is 3. The Morgan fingerprint density at radius 1 is 0.958 bits per heavy atom. The summed E-state index contributed by atoms with van der Waals surface area (Å²) < 4.78 is 4.80. The molecule has 0 aromatic heterocycles. The van der Waals surface area contributed by atoms with Crippen LogP contribution < -0.4 is 16.0 Å². The maximum Gasteiger partial charge on any atom is 0.411 e. The normalized spacial score (nSPS) is 11.2. The Balaban J connectivity index is 1.86. The van der Waals surface area contributed by atoms with Crippen LogP contribution in [0.4, 0.5) is 21.0 Å². The first kappa shape index (κ1) is 17.3. The van der Waals surface area contributed by atoms with Crippen LogP contribution in [0.3, 0.4) is 0 Å². The van der Waals surface area contributed by atoms with Crippen molar-refractivity contribution >= 4 is 23.5 Å². The zero-order chi connectivity index (χ0) is 17.4. The highest BCUT2D eigenvalue weighted by atomic mass is 16.5. The number of ether oxygens (including phenoxy) is 1. The third kappa shape index (κ3) is 5.31. The average molecular weight is 327 g/mol. The molecular weight excluding hydrogens is 306 g/mol. The molecule has 3 N–H and O–H groups in total. The summed E-state index contributed by atoms with van der Waals surface area (Å²) >= 11 is 0. The molecule has 0 aliphatic heterocycles. The molecule has 2 aromatic carbocycles. The molecule has 2 aromatic rings. The fourth-order valence-electron chi connectivity index (χ4n) is 2.11. The Kier molecular flexibility index (Phi) is 6.19. The maximum absolute atomic E-state index is 12.0. The third-order valence-electron chi connectivity index (χ3n) is 3.31. The number of hydrogen-bond donors (Lipinski definition) is 3. The summed E-state index contributed by atoms with van der Waals surface area (Å²) in [7, 11) is 0. The second-order valence-electron chi connectivity index (χ2n) is 5.15. The van der Waals surface area contributed by atoms with Gasteiger partial charge in [-0.15, -0.1) is 0 Å². The molecule has 6 nitrogen and oxygen atoms in total. The molecule has 0 aliphatic rings. The fraction of sp³-hybridized carbons (Fsp3) is 0.222. The number of urea groups is 1. The molecule has 0 saturated heterocycles. The van der Waals surface area contributed by atoms with Gasteiger partial charge in [-0.2, -0.15) is 0 Å². The van der Waals surface area contributed by atoms with Gasteiger partial charge in [-0.25, -0.2) is 9.59 Å². The number of hydrogen-bond acceptors (Lipinski definition) is 3. The smallest absolute Gasteiger partial charge is 0.411 e. The van der Waals surface area contributed by atoms with Crippen molar-refractivity contribution in [3.05, 3.63) is 60.2 Å². The summed E-state index contributed by atoms with van der Waals surface area (Å²) in [6, 6.07) is 16.1. The van der Waals surface area contributed by atoms with E-state index < -0.39 is 6.09 Å². The Labute approximate surface area is 141 Å². The third-order valence-corrected chi connectivity index (χ3v) is 3.31. The van der Waals surface area contributed by atoms with Crippen molar-refractivity contribution < 1.29 is 14.3 Å². The van der Waals surface area contributed by atoms with Gasteiger partial charge in [0.05, 0.1) is 12.6 Å². The van der Waals surface area contributed by atoms with Gasteiger partial charge in [-0.3, -0.25) is 5.32 Å². The van der Waals surface area contributed by atoms with Crippen LogP contribution >= 0.6 is 0 Å². The van der Waals surface area contributed by atoms with Gasteiger partial charge in [0.1, 0.15) is 0 Å². The van der Waals surface area contributed by atoms with Crippen LogP contribution in [0.5, 0.6) is 0 Å². The molecule has 0 saturated carbocycles. The summed E-state index contributed by atoms with van der Waals surface area (Å²) in [5.41, 5.74) is 2.25. The highest BCUT2D eigenvalue weighted by molar-refractivity contribution is 5.90. The first-order valence-electron chi connectivity index (χ1n) is 7.74. The van der Waals surface area contributed by atoms with Crippen molar-refractivity contribution in [2.45, 2.75) is 19.9 Å². The van der Waals surface area contributed by atoms with Crippen molar-refractivity contribution in [3.8, 4) is 0 Å². The number of carbonyl (C=O) groups excluding carboxylic acids is 2. The van der Waals surface area contributed by atoms with Crippen molar-refractivity contribution in [2.75, 3.05) is 17.2 Å². The lowest BCUT2D eigenvalue weighted by Gasteiger charge is -2.15. The highest BCUT2D eigenvalue weighted by Gasteiger charge is 2.09. The second-order valence-corrected chi connectivity index (χ2v) is 5.15. The lowest BCUT2D eigenvalue weighted by molar-refractivity contribution is 0.168. The molecule has 1 atom stereocenters. The van der Waals surface area contributed by atoms with E-state index in [1.54, 1.807) is 31.2 Å². The molecule has 3 amide bonds. The zero-order valence-corrected chi connectivity index (χ0v) is 13.7. The van der Waals surface area contributed by atoms with Crippen molar-refractivity contribution in [1.82, 2.24) is 5.32 Å². The molecule has 0 aliphatic carbocycles. The van der Waals surface area contributed by atoms with Crippen LogP contribution in [0.15, 0.2) is 54.6 Å². The lowest BCUT2D eigenvalue weighted by atomic mass is 10.1. The summed E-state index contributed by atoms with van der Waals surface area (Å²) in [5, 5.41) is 8.21. The van der Waals surface area contributed by atoms with Crippen LogP contribution in [0.2, 0.25) is 0 Å². The Hall–Kier alpha value is -3.02. The number of amides is 3. The second kappa shape index (κ2) is 8.57. The van der Waals surface area contributed by atoms with Gasteiger partial charge in [-0.05, 0) is 43.7 Å². The fourth-order valence-corrected chi connectivity index (χ4v) is 2.11. The number of anilines is 2. The molecule has 0 spiro atoms. The van der Waals surface area contributed by atoms with E-state index in [0.29, 0.717) is 18.0 Å². The van der Waals surface area contributed by atoms with E-state index in [4.69, 9.17) is 4.74 Å². The summed E-state index contributed by atoms with van der Waals surface area (Å²) in [5.74, 6) is 0. The monoisotopic (exact) mass is 327 g/mol. The van der Waals surface area contributed by atoms with Crippen molar-refractivity contribution in [1.29, 1.82) is 0 Å². The maximum atomic E-state index is 12.0. The van der Waals surface area contributed by atoms with E-state index in [1.807, 2.05) is 37.3 Å². The van der Waals surface area contributed by atoms with E-state index in [-0.39, 0.29) is 12.1 Å². The molecule has 24 heavy (non-hydrogen) atoms. The molecule has 6 heteroatoms. The predicted octanol–water partition coefficient (Wildman–Crippen LogP) is 4.14. The van der Waals surface area contributed by atoms with Gasteiger partial charge in [0.15, 0.2) is 0 Å². The van der Waals surface area contributed by atoms with Gasteiger partial charge in [-0.1, -0.05) is 30.3 Å². The molecule has 0 heterocycles. The van der Waals surface area contributed by atoms with Gasteiger partial charge in [0.25, 0.3) is 0 Å². The van der Waals surface area contributed by atoms with Crippen LogP contribution in [0, 0.1) is 0 Å². The molecule has 0 fully saturated rings. The van der Waals surface area contributed by atoms with E-state index >= 15 is 0 Å². The Bertz CT molecular complexity index is 672. The molecule has 126 valence electrons. The average Bonchev–Trinajstić information content (AvgIpc) is 2.57. The van der Waals surface area contributed by atoms with Crippen LogP contribution in [-0.4, -0.2) is 18.7 Å². The SMILES string of the molecule is CCOC(=O)Nc1ccc(NC(=O)NC(C)c2ccccc2)cc1. The number of benzene rings is 2. The van der Waals surface area contributed by atoms with E-state index in [2.05, 4.69) is 16.0 Å². The van der Waals surface area contributed by atoms with E-state index in [9.17, 15) is 9.59 Å². The van der Waals surface area contributed by atoms with Crippen molar-refractivity contribution in [2.24, 2.45) is 0 Å². The first-order chi connectivity index (χ1) is 11.6. The van der Waals surface area contributed by atoms with Crippen molar-refractivity contribution in [3.63, 3.8) is 0 Å². The minimum absolute atomic E-state index is 0.101. The Morgan fingerprint density at radius 3 is 2.12 bits per heavy atom. The number of rotatable bonds is 5. The van der Waals surface area contributed by atoms with E-state index in [0.717, 1.165) is 5.56 Å². The summed E-state index contributed by atoms with van der Waals surface area (Å²) in [4.78, 5) is 23.4. The van der Waals surface area contributed by atoms with Gasteiger partial charge >= 0.3 is 12.1 Å². The van der Waals surface area contributed by atoms with Crippen LogP contribution in [0.25, 0.3) is 0 Å². The zero-order valence-electron chi connectivity index (χ0n) is 13.7. The minimum Gasteiger partial charge on any atom is -0.450 e. The topological polar surface area (TPSA) is 79.5 Å². The number of carbonyl (C=O) groups is 2. The quantitative estimate of drug-likeness (QED) is 0.772. The molecule has 0 radical (unpaired) electrons. The Morgan fingerprint density at radius 2 is 1.54 bits per heavy atom. The molecule has 0 bridgehead atoms. The first-order valence-corrected chi connectivity index (χ1v) is 7.74. The van der Waals surface area contributed by atoms with E-state index in [1.165, 1.54) is 0 Å². The summed E-state index contributed by atoms with van der Waals surface area (Å²) in [6.45, 7) is 3.97. The minimum atomic E-state index is -0.507. The van der Waals surface area contributed by atoms with Crippen LogP contribution in [0.1, 0.15) is 25.5 Å². The highest BCUT2D eigenvalue weighted by Crippen LogP contribution is 2.15. The summed E-state index contributed by atoms with van der Waals surface area (Å²) in [6.07, 6.45) is -0.507. The predicted molar refractivity (Wildman–Crippen MR) is 94.1 cm³/mol. The largest absolute Gasteiger partial charge is 0.450 e. The standard InChI is InChI=1S/C18H21N3O3/c1-3-24-18(23)21-16-11-9-15(10-12-16)20-17(22)19-13(2)14-7-5-4-6-8-14/h4-13H,3H2,1-2H3,(H,21,23)(H2,19,20,22). The van der Waals surface area contributed by atoms with Gasteiger partial charge in [0, 0.05) is 11.4 Å². The lowest BCUT2D eigenvalue weighted by Crippen LogP contribution is -2.31. The van der Waals surface area contributed by atoms with Gasteiger partial charge in [0.2, 0.25) is 0 Å². The molecular formula is C18H21N3O3. The molecule has 1 unspecified atom stereocenters. The van der Waals surface area contributed by atoms with Crippen LogP contribution in [-0.2, 0) is 4.74 Å². The molecule has 2 rings (SSSR count).